The first-order chi connectivity index (χ1) is 8.66. The maximum Gasteiger partial charge on any atom is 0.0759 e. The van der Waals surface area contributed by atoms with Crippen molar-refractivity contribution in [2.24, 2.45) is 5.10 Å². The summed E-state index contributed by atoms with van der Waals surface area (Å²) in [4.78, 5) is 0. The normalized spacial score (nSPS) is 24.4. The first-order valence-corrected chi connectivity index (χ1v) is 6.68. The van der Waals surface area contributed by atoms with Gasteiger partial charge >= 0.3 is 0 Å². The van der Waals surface area contributed by atoms with Crippen molar-refractivity contribution in [3.05, 3.63) is 35.4 Å². The molecule has 2 atom stereocenters. The van der Waals surface area contributed by atoms with Crippen LogP contribution in [0.4, 0.5) is 0 Å². The molecule has 1 fully saturated rings. The van der Waals surface area contributed by atoms with Crippen molar-refractivity contribution in [1.29, 1.82) is 0 Å². The van der Waals surface area contributed by atoms with Gasteiger partial charge in [0.2, 0.25) is 0 Å². The van der Waals surface area contributed by atoms with E-state index in [1.54, 1.807) is 0 Å². The molecular formula is C15H22N2O. The largest absolute Gasteiger partial charge is 0.391 e. The van der Waals surface area contributed by atoms with Gasteiger partial charge in [0.1, 0.15) is 0 Å². The van der Waals surface area contributed by atoms with Gasteiger partial charge in [-0.2, -0.15) is 5.10 Å². The number of aliphatic hydroxyl groups is 1. The van der Waals surface area contributed by atoms with Crippen LogP contribution in [0.5, 0.6) is 0 Å². The Morgan fingerprint density at radius 1 is 1.22 bits per heavy atom. The minimum atomic E-state index is -0.237. The second kappa shape index (κ2) is 6.01. The van der Waals surface area contributed by atoms with Crippen molar-refractivity contribution in [1.82, 2.24) is 5.01 Å². The van der Waals surface area contributed by atoms with Gasteiger partial charge in [-0.1, -0.05) is 42.7 Å². The molecule has 1 aliphatic carbocycles. The fraction of sp³-hybridized carbons (Fsp3) is 0.533. The highest BCUT2D eigenvalue weighted by Crippen LogP contribution is 2.22. The molecule has 0 unspecified atom stereocenters. The number of nitrogens with zero attached hydrogens (tertiary/aromatic N) is 2. The Labute approximate surface area is 109 Å². The number of rotatable bonds is 3. The van der Waals surface area contributed by atoms with Crippen molar-refractivity contribution in [2.45, 2.75) is 44.8 Å². The van der Waals surface area contributed by atoms with E-state index in [0.29, 0.717) is 0 Å². The second-order valence-electron chi connectivity index (χ2n) is 5.15. The summed E-state index contributed by atoms with van der Waals surface area (Å²) in [5.41, 5.74) is 2.35. The zero-order valence-electron chi connectivity index (χ0n) is 11.2. The summed E-state index contributed by atoms with van der Waals surface area (Å²) in [7, 11) is 1.95. The Balaban J connectivity index is 1.97. The van der Waals surface area contributed by atoms with Gasteiger partial charge in [0.25, 0.3) is 0 Å². The lowest BCUT2D eigenvalue weighted by molar-refractivity contribution is 0.0338. The summed E-state index contributed by atoms with van der Waals surface area (Å²) in [5, 5.41) is 16.3. The number of hydrogen-bond acceptors (Lipinski definition) is 3. The van der Waals surface area contributed by atoms with Crippen LogP contribution in [-0.2, 0) is 0 Å². The van der Waals surface area contributed by atoms with Gasteiger partial charge in [-0.15, -0.1) is 0 Å². The lowest BCUT2D eigenvalue weighted by Crippen LogP contribution is -2.40. The van der Waals surface area contributed by atoms with E-state index in [1.165, 1.54) is 12.0 Å². The molecule has 0 spiro atoms. The smallest absolute Gasteiger partial charge is 0.0759 e. The van der Waals surface area contributed by atoms with E-state index in [1.807, 2.05) is 18.3 Å². The van der Waals surface area contributed by atoms with Gasteiger partial charge in [0.05, 0.1) is 18.4 Å². The lowest BCUT2D eigenvalue weighted by Gasteiger charge is -2.33. The van der Waals surface area contributed by atoms with Gasteiger partial charge in [0, 0.05) is 7.05 Å². The number of hydrazone groups is 1. The van der Waals surface area contributed by atoms with Gasteiger partial charge in [0.15, 0.2) is 0 Å². The van der Waals surface area contributed by atoms with E-state index in [2.05, 4.69) is 36.3 Å². The first kappa shape index (κ1) is 13.1. The molecule has 2 rings (SSSR count). The zero-order valence-corrected chi connectivity index (χ0v) is 11.2. The maximum atomic E-state index is 9.96. The molecule has 0 amide bonds. The van der Waals surface area contributed by atoms with Crippen molar-refractivity contribution in [3.63, 3.8) is 0 Å². The van der Waals surface area contributed by atoms with E-state index in [-0.39, 0.29) is 12.1 Å². The quantitative estimate of drug-likeness (QED) is 0.657. The molecule has 1 aliphatic rings. The SMILES string of the molecule is Cc1ccc(/C=N/N(C)[C@H]2CCCC[C@@H]2O)cc1. The fourth-order valence-electron chi connectivity index (χ4n) is 2.42. The van der Waals surface area contributed by atoms with Crippen LogP contribution >= 0.6 is 0 Å². The number of aliphatic hydroxyl groups excluding tert-OH is 1. The van der Waals surface area contributed by atoms with Gasteiger partial charge < -0.3 is 5.11 Å². The van der Waals surface area contributed by atoms with Gasteiger partial charge in [-0.25, -0.2) is 0 Å². The Morgan fingerprint density at radius 2 is 1.89 bits per heavy atom. The van der Waals surface area contributed by atoms with Crippen LogP contribution in [0, 0.1) is 6.92 Å². The summed E-state index contributed by atoms with van der Waals surface area (Å²) in [6.45, 7) is 2.07. The minimum Gasteiger partial charge on any atom is -0.391 e. The monoisotopic (exact) mass is 246 g/mol. The Hall–Kier alpha value is -1.35. The molecule has 1 saturated carbocycles. The molecule has 1 aromatic carbocycles. The number of benzene rings is 1. The fourth-order valence-corrected chi connectivity index (χ4v) is 2.42. The van der Waals surface area contributed by atoms with E-state index in [4.69, 9.17) is 0 Å². The van der Waals surface area contributed by atoms with E-state index < -0.39 is 0 Å². The topological polar surface area (TPSA) is 35.8 Å². The molecule has 1 N–H and O–H groups in total. The third-order valence-electron chi connectivity index (χ3n) is 3.64. The zero-order chi connectivity index (χ0) is 13.0. The maximum absolute atomic E-state index is 9.96. The first-order valence-electron chi connectivity index (χ1n) is 6.68. The molecule has 0 saturated heterocycles. The molecule has 0 radical (unpaired) electrons. The summed E-state index contributed by atoms with van der Waals surface area (Å²) >= 11 is 0. The minimum absolute atomic E-state index is 0.167. The predicted octanol–water partition coefficient (Wildman–Crippen LogP) is 2.56. The average molecular weight is 246 g/mol. The number of hydrogen-bond donors (Lipinski definition) is 1. The molecule has 3 heteroatoms. The summed E-state index contributed by atoms with van der Waals surface area (Å²) in [6, 6.07) is 8.45. The van der Waals surface area contributed by atoms with Crippen LogP contribution in [-0.4, -0.2) is 35.5 Å². The lowest BCUT2D eigenvalue weighted by atomic mass is 9.92. The molecule has 0 aliphatic heterocycles. The van der Waals surface area contributed by atoms with Gasteiger partial charge in [-0.3, -0.25) is 5.01 Å². The number of aryl methyl sites for hydroxylation is 1. The van der Waals surface area contributed by atoms with Crippen molar-refractivity contribution < 1.29 is 5.11 Å². The predicted molar refractivity (Wildman–Crippen MR) is 74.8 cm³/mol. The summed E-state index contributed by atoms with van der Waals surface area (Å²) < 4.78 is 0. The molecule has 0 heterocycles. The van der Waals surface area contributed by atoms with Crippen molar-refractivity contribution >= 4 is 6.21 Å². The third kappa shape index (κ3) is 3.33. The average Bonchev–Trinajstić information content (AvgIpc) is 2.38. The highest BCUT2D eigenvalue weighted by molar-refractivity contribution is 5.79. The molecule has 3 nitrogen and oxygen atoms in total. The van der Waals surface area contributed by atoms with Gasteiger partial charge in [-0.05, 0) is 25.3 Å². The third-order valence-corrected chi connectivity index (χ3v) is 3.64. The Kier molecular flexibility index (Phi) is 4.37. The molecule has 18 heavy (non-hydrogen) atoms. The van der Waals surface area contributed by atoms with Crippen molar-refractivity contribution in [3.8, 4) is 0 Å². The molecular weight excluding hydrogens is 224 g/mol. The van der Waals surface area contributed by atoms with Crippen LogP contribution in [0.15, 0.2) is 29.4 Å². The highest BCUT2D eigenvalue weighted by atomic mass is 16.3. The second-order valence-corrected chi connectivity index (χ2v) is 5.15. The Morgan fingerprint density at radius 3 is 2.56 bits per heavy atom. The molecule has 0 aromatic heterocycles. The molecule has 0 bridgehead atoms. The van der Waals surface area contributed by atoms with Crippen LogP contribution in [0.2, 0.25) is 0 Å². The van der Waals surface area contributed by atoms with Crippen LogP contribution in [0.3, 0.4) is 0 Å². The summed E-state index contributed by atoms with van der Waals surface area (Å²) in [6.07, 6.45) is 5.87. The van der Waals surface area contributed by atoms with E-state index >= 15 is 0 Å². The molecule has 98 valence electrons. The standard InChI is InChI=1S/C15H22N2O/c1-12-7-9-13(10-8-12)11-16-17(2)14-5-3-4-6-15(14)18/h7-11,14-15,18H,3-6H2,1-2H3/b16-11+/t14-,15-/m0/s1. The van der Waals surface area contributed by atoms with Crippen molar-refractivity contribution in [2.75, 3.05) is 7.05 Å². The van der Waals surface area contributed by atoms with Crippen LogP contribution < -0.4 is 0 Å². The summed E-state index contributed by atoms with van der Waals surface area (Å²) in [5.74, 6) is 0. The molecule has 1 aromatic rings. The van der Waals surface area contributed by atoms with Crippen LogP contribution in [0.25, 0.3) is 0 Å². The van der Waals surface area contributed by atoms with Crippen LogP contribution in [0.1, 0.15) is 36.8 Å². The van der Waals surface area contributed by atoms with E-state index in [0.717, 1.165) is 24.8 Å². The highest BCUT2D eigenvalue weighted by Gasteiger charge is 2.25. The Bertz CT molecular complexity index is 399. The number of likely N-dealkylation sites (N-methyl/N-ethyl adjacent to an activating group) is 1. The van der Waals surface area contributed by atoms with E-state index in [9.17, 15) is 5.11 Å².